The number of nitrogens with zero attached hydrogens (tertiary/aromatic N) is 5. The standard InChI is InChI=1S/C18H13F2N5O2/c19-18(20)27-14-5-12(8-22-9-14)13-6-16-15(1-3-23-25(16)10-13)24-4-2-11(7-21)17(24)26/h1,3,5-6,8-11,18H,2,4H2. The average molecular weight is 369 g/mol. The lowest BCUT2D eigenvalue weighted by Crippen LogP contribution is -2.27. The van der Waals surface area contributed by atoms with E-state index in [1.807, 2.05) is 6.07 Å². The Hall–Kier alpha value is -3.54. The van der Waals surface area contributed by atoms with Gasteiger partial charge >= 0.3 is 6.61 Å². The van der Waals surface area contributed by atoms with E-state index in [9.17, 15) is 13.6 Å². The zero-order chi connectivity index (χ0) is 19.0. The van der Waals surface area contributed by atoms with Gasteiger partial charge in [0.25, 0.3) is 0 Å². The zero-order valence-corrected chi connectivity index (χ0v) is 13.9. The number of halogens is 2. The smallest absolute Gasteiger partial charge is 0.387 e. The number of alkyl halides is 2. The monoisotopic (exact) mass is 369 g/mol. The first-order valence-corrected chi connectivity index (χ1v) is 8.15. The van der Waals surface area contributed by atoms with E-state index in [-0.39, 0.29) is 11.7 Å². The Bertz CT molecular complexity index is 1060. The van der Waals surface area contributed by atoms with Crippen LogP contribution in [-0.4, -0.2) is 33.7 Å². The summed E-state index contributed by atoms with van der Waals surface area (Å²) in [5.74, 6) is -0.917. The maximum atomic E-state index is 12.4. The lowest BCUT2D eigenvalue weighted by atomic mass is 10.1. The van der Waals surface area contributed by atoms with Crippen LogP contribution in [0, 0.1) is 17.2 Å². The summed E-state index contributed by atoms with van der Waals surface area (Å²) < 4.78 is 30.8. The molecule has 136 valence electrons. The highest BCUT2D eigenvalue weighted by molar-refractivity contribution is 6.02. The number of nitriles is 1. The molecule has 1 saturated heterocycles. The van der Waals surface area contributed by atoms with Crippen molar-refractivity contribution < 1.29 is 18.3 Å². The molecule has 1 atom stereocenters. The molecular weight excluding hydrogens is 356 g/mol. The molecule has 0 aromatic carbocycles. The summed E-state index contributed by atoms with van der Waals surface area (Å²) in [4.78, 5) is 17.9. The van der Waals surface area contributed by atoms with Crippen molar-refractivity contribution in [3.05, 3.63) is 43.0 Å². The summed E-state index contributed by atoms with van der Waals surface area (Å²) in [6, 6.07) is 6.98. The molecule has 0 saturated carbocycles. The Morgan fingerprint density at radius 2 is 2.15 bits per heavy atom. The quantitative estimate of drug-likeness (QED) is 0.706. The van der Waals surface area contributed by atoms with Crippen LogP contribution < -0.4 is 9.64 Å². The highest BCUT2D eigenvalue weighted by Gasteiger charge is 2.33. The van der Waals surface area contributed by atoms with Crippen molar-refractivity contribution in [1.82, 2.24) is 14.6 Å². The molecule has 7 nitrogen and oxygen atoms in total. The molecule has 27 heavy (non-hydrogen) atoms. The van der Waals surface area contributed by atoms with Crippen LogP contribution in [0.15, 0.2) is 43.0 Å². The van der Waals surface area contributed by atoms with Gasteiger partial charge in [-0.05, 0) is 24.6 Å². The van der Waals surface area contributed by atoms with Gasteiger partial charge in [-0.2, -0.15) is 19.1 Å². The van der Waals surface area contributed by atoms with Gasteiger partial charge in [-0.15, -0.1) is 0 Å². The van der Waals surface area contributed by atoms with Crippen LogP contribution in [0.25, 0.3) is 16.6 Å². The SMILES string of the molecule is N#CC1CCN(c2ccnn3cc(-c4cncc(OC(F)F)c4)cc23)C1=O. The van der Waals surface area contributed by atoms with Crippen molar-refractivity contribution in [2.75, 3.05) is 11.4 Å². The van der Waals surface area contributed by atoms with Gasteiger partial charge in [0, 0.05) is 36.3 Å². The Morgan fingerprint density at radius 1 is 1.30 bits per heavy atom. The predicted octanol–water partition coefficient (Wildman–Crippen LogP) is 2.87. The summed E-state index contributed by atoms with van der Waals surface area (Å²) in [5, 5.41) is 13.3. The first-order chi connectivity index (χ1) is 13.1. The molecule has 0 radical (unpaired) electrons. The first kappa shape index (κ1) is 16.9. The molecule has 1 aliphatic heterocycles. The van der Waals surface area contributed by atoms with E-state index in [0.29, 0.717) is 35.3 Å². The summed E-state index contributed by atoms with van der Waals surface area (Å²) in [5.41, 5.74) is 2.57. The maximum Gasteiger partial charge on any atom is 0.387 e. The van der Waals surface area contributed by atoms with Gasteiger partial charge in [0.2, 0.25) is 5.91 Å². The molecule has 0 aliphatic carbocycles. The van der Waals surface area contributed by atoms with Gasteiger partial charge in [0.05, 0.1) is 23.5 Å². The summed E-state index contributed by atoms with van der Waals surface area (Å²) in [6.45, 7) is -2.48. The minimum atomic E-state index is -2.93. The van der Waals surface area contributed by atoms with Crippen LogP contribution in [-0.2, 0) is 4.79 Å². The third-order valence-corrected chi connectivity index (χ3v) is 4.41. The maximum absolute atomic E-state index is 12.4. The van der Waals surface area contributed by atoms with E-state index >= 15 is 0 Å². The van der Waals surface area contributed by atoms with E-state index in [2.05, 4.69) is 14.8 Å². The predicted molar refractivity (Wildman–Crippen MR) is 91.1 cm³/mol. The van der Waals surface area contributed by atoms with Gasteiger partial charge in [0.15, 0.2) is 0 Å². The molecule has 1 aliphatic rings. The Labute approximate surface area is 152 Å². The number of fused-ring (bicyclic) bond motifs is 1. The van der Waals surface area contributed by atoms with Gasteiger partial charge < -0.3 is 9.64 Å². The highest BCUT2D eigenvalue weighted by atomic mass is 19.3. The molecule has 1 unspecified atom stereocenters. The number of anilines is 1. The lowest BCUT2D eigenvalue weighted by Gasteiger charge is -2.16. The minimum Gasteiger partial charge on any atom is -0.433 e. The Kier molecular flexibility index (Phi) is 4.16. The second-order valence-electron chi connectivity index (χ2n) is 6.02. The molecule has 1 amide bonds. The first-order valence-electron chi connectivity index (χ1n) is 8.15. The molecule has 0 bridgehead atoms. The lowest BCUT2D eigenvalue weighted by molar-refractivity contribution is -0.118. The zero-order valence-electron chi connectivity index (χ0n) is 13.9. The number of ether oxygens (including phenoxy) is 1. The average Bonchev–Trinajstić information content (AvgIpc) is 3.24. The van der Waals surface area contributed by atoms with Crippen LogP contribution in [0.1, 0.15) is 6.42 Å². The second-order valence-corrected chi connectivity index (χ2v) is 6.02. The molecule has 0 N–H and O–H groups in total. The summed E-state index contributed by atoms with van der Waals surface area (Å²) in [7, 11) is 0. The number of hydrogen-bond donors (Lipinski definition) is 0. The number of aromatic nitrogens is 3. The van der Waals surface area contributed by atoms with E-state index < -0.39 is 12.5 Å². The van der Waals surface area contributed by atoms with E-state index in [1.165, 1.54) is 18.5 Å². The van der Waals surface area contributed by atoms with Crippen molar-refractivity contribution in [2.45, 2.75) is 13.0 Å². The molecule has 9 heteroatoms. The number of pyridine rings is 1. The molecule has 3 aromatic rings. The van der Waals surface area contributed by atoms with Crippen molar-refractivity contribution in [3.8, 4) is 22.9 Å². The Morgan fingerprint density at radius 3 is 2.89 bits per heavy atom. The van der Waals surface area contributed by atoms with Crippen LogP contribution >= 0.6 is 0 Å². The fraction of sp³-hybridized carbons (Fsp3) is 0.222. The molecule has 1 fully saturated rings. The fourth-order valence-corrected chi connectivity index (χ4v) is 3.17. The third kappa shape index (κ3) is 3.06. The van der Waals surface area contributed by atoms with Gasteiger partial charge in [0.1, 0.15) is 11.7 Å². The summed E-state index contributed by atoms with van der Waals surface area (Å²) >= 11 is 0. The van der Waals surface area contributed by atoms with Gasteiger partial charge in [-0.3, -0.25) is 9.78 Å². The number of rotatable bonds is 4. The van der Waals surface area contributed by atoms with Crippen LogP contribution in [0.4, 0.5) is 14.5 Å². The van der Waals surface area contributed by atoms with Gasteiger partial charge in [-0.25, -0.2) is 4.52 Å². The highest BCUT2D eigenvalue weighted by Crippen LogP contribution is 2.32. The van der Waals surface area contributed by atoms with E-state index in [4.69, 9.17) is 5.26 Å². The largest absolute Gasteiger partial charge is 0.433 e. The van der Waals surface area contributed by atoms with Crippen LogP contribution in [0.5, 0.6) is 5.75 Å². The van der Waals surface area contributed by atoms with Crippen LogP contribution in [0.3, 0.4) is 0 Å². The summed E-state index contributed by atoms with van der Waals surface area (Å²) in [6.07, 6.45) is 6.49. The molecule has 0 spiro atoms. The van der Waals surface area contributed by atoms with E-state index in [1.54, 1.807) is 33.9 Å². The number of hydrogen-bond acceptors (Lipinski definition) is 5. The van der Waals surface area contributed by atoms with Crippen molar-refractivity contribution in [2.24, 2.45) is 5.92 Å². The number of carbonyl (C=O) groups is 1. The van der Waals surface area contributed by atoms with Crippen LogP contribution in [0.2, 0.25) is 0 Å². The second kappa shape index (κ2) is 6.64. The van der Waals surface area contributed by atoms with E-state index in [0.717, 1.165) is 0 Å². The molecule has 4 heterocycles. The van der Waals surface area contributed by atoms with Crippen molar-refractivity contribution in [3.63, 3.8) is 0 Å². The van der Waals surface area contributed by atoms with Crippen molar-refractivity contribution in [1.29, 1.82) is 5.26 Å². The normalized spacial score (nSPS) is 16.9. The molecular formula is C18H13F2N5O2. The number of amides is 1. The third-order valence-electron chi connectivity index (χ3n) is 4.41. The topological polar surface area (TPSA) is 83.5 Å². The fourth-order valence-electron chi connectivity index (χ4n) is 3.17. The molecule has 4 rings (SSSR count). The Balaban J connectivity index is 1.74. The molecule has 3 aromatic heterocycles. The van der Waals surface area contributed by atoms with Gasteiger partial charge in [-0.1, -0.05) is 0 Å². The number of carbonyl (C=O) groups excluding carboxylic acids is 1. The minimum absolute atomic E-state index is 0.0440. The van der Waals surface area contributed by atoms with Crippen molar-refractivity contribution >= 4 is 17.1 Å².